The fraction of sp³-hybridized carbons (Fsp3) is 0.125. The maximum atomic E-state index is 13.2. The highest BCUT2D eigenvalue weighted by atomic mass is 16.5. The molecule has 0 radical (unpaired) electrons. The molecule has 8 aromatic carbocycles. The van der Waals surface area contributed by atoms with Crippen LogP contribution in [0.1, 0.15) is 56.1 Å². The van der Waals surface area contributed by atoms with Crippen molar-refractivity contribution in [2.75, 3.05) is 9.80 Å². The number of carbonyl (C=O) groups is 1. The predicted octanol–water partition coefficient (Wildman–Crippen LogP) is 15.4. The van der Waals surface area contributed by atoms with E-state index in [2.05, 4.69) is 152 Å². The molecule has 0 N–H and O–H groups in total. The third kappa shape index (κ3) is 9.59. The van der Waals surface area contributed by atoms with Gasteiger partial charge in [-0.15, -0.1) is 0 Å². The largest absolute Gasteiger partial charge is 0.491 e. The molecule has 0 amide bonds. The van der Waals surface area contributed by atoms with E-state index in [0.717, 1.165) is 51.0 Å². The Labute approximate surface area is 360 Å². The van der Waals surface area contributed by atoms with Gasteiger partial charge in [-0.05, 0) is 157 Å². The van der Waals surface area contributed by atoms with Gasteiger partial charge in [0.05, 0.1) is 6.10 Å². The van der Waals surface area contributed by atoms with E-state index in [9.17, 15) is 4.79 Å². The lowest BCUT2D eigenvalue weighted by Crippen LogP contribution is -2.11. The van der Waals surface area contributed by atoms with Crippen molar-refractivity contribution in [3.05, 3.63) is 223 Å². The first-order chi connectivity index (χ1) is 29.6. The van der Waals surface area contributed by atoms with Crippen LogP contribution in [-0.4, -0.2) is 11.9 Å². The van der Waals surface area contributed by atoms with Crippen molar-refractivity contribution in [2.24, 2.45) is 0 Å². The van der Waals surface area contributed by atoms with Crippen LogP contribution in [0.15, 0.2) is 206 Å². The molecule has 0 saturated carbocycles. The van der Waals surface area contributed by atoms with Crippen molar-refractivity contribution in [1.29, 1.82) is 0 Å². The minimum absolute atomic E-state index is 0.00989. The molecule has 0 aliphatic heterocycles. The summed E-state index contributed by atoms with van der Waals surface area (Å²) < 4.78 is 12.2. The first-order valence-electron chi connectivity index (χ1n) is 20.8. The molecule has 0 atom stereocenters. The van der Waals surface area contributed by atoms with Crippen molar-refractivity contribution in [3.8, 4) is 28.4 Å². The molecule has 0 aromatic heterocycles. The van der Waals surface area contributed by atoms with Gasteiger partial charge in [-0.3, -0.25) is 4.79 Å². The van der Waals surface area contributed by atoms with Crippen LogP contribution in [0.5, 0.6) is 17.2 Å². The van der Waals surface area contributed by atoms with Crippen LogP contribution in [0.4, 0.5) is 34.1 Å². The number of ketones is 1. The first-order valence-corrected chi connectivity index (χ1v) is 20.8. The summed E-state index contributed by atoms with van der Waals surface area (Å²) in [7, 11) is 0. The summed E-state index contributed by atoms with van der Waals surface area (Å²) in [5.41, 5.74) is 11.1. The molecule has 8 rings (SSSR count). The molecule has 0 heterocycles. The summed E-state index contributed by atoms with van der Waals surface area (Å²) >= 11 is 0. The molecular weight excluding hydrogens is 749 g/mol. The number of nitrogens with zero attached hydrogens (tertiary/aromatic N) is 2. The van der Waals surface area contributed by atoms with E-state index in [1.165, 1.54) is 5.56 Å². The third-order valence-electron chi connectivity index (χ3n) is 10.5. The summed E-state index contributed by atoms with van der Waals surface area (Å²) in [5, 5.41) is 0. The van der Waals surface area contributed by atoms with Crippen molar-refractivity contribution in [1.82, 2.24) is 0 Å². The maximum Gasteiger partial charge on any atom is 0.193 e. The lowest BCUT2D eigenvalue weighted by molar-refractivity contribution is 0.103. The summed E-state index contributed by atoms with van der Waals surface area (Å²) in [6.07, 6.45) is 0.117. The number of anilines is 6. The summed E-state index contributed by atoms with van der Waals surface area (Å²) in [5.74, 6) is 2.21. The van der Waals surface area contributed by atoms with E-state index in [1.807, 2.05) is 98.8 Å². The first kappa shape index (κ1) is 40.4. The van der Waals surface area contributed by atoms with E-state index < -0.39 is 0 Å². The van der Waals surface area contributed by atoms with Gasteiger partial charge >= 0.3 is 0 Å². The van der Waals surface area contributed by atoms with Gasteiger partial charge in [-0.25, -0.2) is 0 Å². The van der Waals surface area contributed by atoms with Gasteiger partial charge in [-0.2, -0.15) is 0 Å². The van der Waals surface area contributed by atoms with E-state index in [4.69, 9.17) is 9.47 Å². The second-order valence-corrected chi connectivity index (χ2v) is 16.4. The molecule has 5 heteroatoms. The standard InChI is InChI=1S/C56H50N2O3/c1-40(2)60-52-36-30-50(31-37-52)57(46-12-8-6-9-13-46)48-26-18-41(19-27-48)42-20-28-49(29-21-42)58(47-14-10-7-11-15-47)51-32-38-54(39-33-51)61-53-34-22-44(23-35-53)55(59)43-16-24-45(25-17-43)56(3,4)5/h6-40H,1-5H3. The van der Waals surface area contributed by atoms with E-state index in [-0.39, 0.29) is 17.3 Å². The van der Waals surface area contributed by atoms with Crippen molar-refractivity contribution < 1.29 is 14.3 Å². The molecule has 0 unspecified atom stereocenters. The Morgan fingerprint density at radius 3 is 1.11 bits per heavy atom. The number of hydrogen-bond donors (Lipinski definition) is 0. The van der Waals surface area contributed by atoms with Crippen LogP contribution >= 0.6 is 0 Å². The predicted molar refractivity (Wildman–Crippen MR) is 252 cm³/mol. The molecule has 0 spiro atoms. The topological polar surface area (TPSA) is 42.0 Å². The van der Waals surface area contributed by atoms with Crippen LogP contribution in [0, 0.1) is 0 Å². The Hall–Kier alpha value is -7.37. The molecule has 0 bridgehead atoms. The van der Waals surface area contributed by atoms with Crippen LogP contribution in [0.3, 0.4) is 0 Å². The van der Waals surface area contributed by atoms with Crippen LogP contribution in [-0.2, 0) is 5.41 Å². The number of ether oxygens (including phenoxy) is 2. The van der Waals surface area contributed by atoms with Crippen LogP contribution in [0.25, 0.3) is 11.1 Å². The molecule has 0 fully saturated rings. The molecular formula is C56H50N2O3. The molecule has 8 aromatic rings. The quantitative estimate of drug-likeness (QED) is 0.109. The highest BCUT2D eigenvalue weighted by molar-refractivity contribution is 6.09. The smallest absolute Gasteiger partial charge is 0.193 e. The van der Waals surface area contributed by atoms with Gasteiger partial charge in [0.15, 0.2) is 5.78 Å². The molecule has 61 heavy (non-hydrogen) atoms. The van der Waals surface area contributed by atoms with E-state index >= 15 is 0 Å². The van der Waals surface area contributed by atoms with Crippen molar-refractivity contribution in [3.63, 3.8) is 0 Å². The highest BCUT2D eigenvalue weighted by Crippen LogP contribution is 2.39. The molecule has 0 saturated heterocycles. The van der Waals surface area contributed by atoms with Crippen LogP contribution in [0.2, 0.25) is 0 Å². The summed E-state index contributed by atoms with van der Waals surface area (Å²) in [6.45, 7) is 10.6. The number of benzene rings is 8. The molecule has 5 nitrogen and oxygen atoms in total. The number of para-hydroxylation sites is 2. The number of hydrogen-bond acceptors (Lipinski definition) is 5. The lowest BCUT2D eigenvalue weighted by Gasteiger charge is -2.26. The average molecular weight is 799 g/mol. The Balaban J connectivity index is 0.982. The van der Waals surface area contributed by atoms with Gasteiger partial charge in [0, 0.05) is 45.3 Å². The second kappa shape index (κ2) is 17.9. The Morgan fingerprint density at radius 2 is 0.738 bits per heavy atom. The molecule has 0 aliphatic rings. The fourth-order valence-electron chi connectivity index (χ4n) is 7.36. The SMILES string of the molecule is CC(C)Oc1ccc(N(c2ccccc2)c2ccc(-c3ccc(N(c4ccccc4)c4ccc(Oc5ccc(C(=O)c6ccc(C(C)(C)C)cc6)cc5)cc4)cc3)cc2)cc1. The minimum atomic E-state index is -0.00989. The van der Waals surface area contributed by atoms with Gasteiger partial charge < -0.3 is 19.3 Å². The zero-order valence-electron chi connectivity index (χ0n) is 35.3. The van der Waals surface area contributed by atoms with E-state index in [0.29, 0.717) is 22.6 Å². The normalized spacial score (nSPS) is 11.2. The second-order valence-electron chi connectivity index (χ2n) is 16.4. The summed E-state index contributed by atoms with van der Waals surface area (Å²) in [4.78, 5) is 17.7. The van der Waals surface area contributed by atoms with Gasteiger partial charge in [0.1, 0.15) is 17.2 Å². The lowest BCUT2D eigenvalue weighted by atomic mass is 9.86. The van der Waals surface area contributed by atoms with Gasteiger partial charge in [0.2, 0.25) is 0 Å². The molecule has 0 aliphatic carbocycles. The maximum absolute atomic E-state index is 13.2. The van der Waals surface area contributed by atoms with Gasteiger partial charge in [-0.1, -0.05) is 106 Å². The van der Waals surface area contributed by atoms with Gasteiger partial charge in [0.25, 0.3) is 0 Å². The Bertz CT molecular complexity index is 2650. The highest BCUT2D eigenvalue weighted by Gasteiger charge is 2.17. The minimum Gasteiger partial charge on any atom is -0.491 e. The zero-order chi connectivity index (χ0) is 42.3. The Morgan fingerprint density at radius 1 is 0.410 bits per heavy atom. The Kier molecular flexibility index (Phi) is 11.8. The van der Waals surface area contributed by atoms with Crippen molar-refractivity contribution in [2.45, 2.75) is 46.1 Å². The summed E-state index contributed by atoms with van der Waals surface area (Å²) in [6, 6.07) is 69.8. The average Bonchev–Trinajstić information content (AvgIpc) is 3.29. The molecule has 302 valence electrons. The number of rotatable bonds is 13. The number of carbonyl (C=O) groups excluding carboxylic acids is 1. The zero-order valence-corrected chi connectivity index (χ0v) is 35.3. The van der Waals surface area contributed by atoms with Crippen LogP contribution < -0.4 is 19.3 Å². The van der Waals surface area contributed by atoms with Crippen molar-refractivity contribution >= 4 is 39.9 Å². The fourth-order valence-corrected chi connectivity index (χ4v) is 7.36. The monoisotopic (exact) mass is 798 g/mol. The van der Waals surface area contributed by atoms with E-state index in [1.54, 1.807) is 0 Å². The third-order valence-corrected chi connectivity index (χ3v) is 10.5.